The molecule has 0 radical (unpaired) electrons. The van der Waals surface area contributed by atoms with Crippen molar-refractivity contribution in [3.8, 4) is 0 Å². The average Bonchev–Trinajstić information content (AvgIpc) is 2.23. The van der Waals surface area contributed by atoms with Crippen molar-refractivity contribution >= 4 is 5.57 Å². The Hall–Kier alpha value is -1.38. The number of hydrogen-bond acceptors (Lipinski definition) is 2. The van der Waals surface area contributed by atoms with Crippen LogP contribution in [0.3, 0.4) is 0 Å². The molecule has 2 heteroatoms. The molecule has 0 unspecified atom stereocenters. The maximum absolute atomic E-state index is 9.72. The van der Waals surface area contributed by atoms with Gasteiger partial charge in [0.2, 0.25) is 0 Å². The largest absolute Gasteiger partial charge is 0.386 e. The summed E-state index contributed by atoms with van der Waals surface area (Å²) in [6, 6.07) is 9.58. The van der Waals surface area contributed by atoms with Crippen molar-refractivity contribution in [3.05, 3.63) is 54.1 Å². The first-order chi connectivity index (χ1) is 6.79. The summed E-state index contributed by atoms with van der Waals surface area (Å²) in [5.41, 5.74) is 1.71. The van der Waals surface area contributed by atoms with Gasteiger partial charge in [0.1, 0.15) is 12.2 Å². The summed E-state index contributed by atoms with van der Waals surface area (Å²) in [5, 5.41) is 19.2. The van der Waals surface area contributed by atoms with Crippen molar-refractivity contribution in [1.82, 2.24) is 0 Å². The first-order valence-corrected chi connectivity index (χ1v) is 4.59. The lowest BCUT2D eigenvalue weighted by Gasteiger charge is -2.21. The third-order valence-corrected chi connectivity index (χ3v) is 2.33. The van der Waals surface area contributed by atoms with Gasteiger partial charge in [0.25, 0.3) is 0 Å². The van der Waals surface area contributed by atoms with E-state index in [0.717, 1.165) is 11.1 Å². The summed E-state index contributed by atoms with van der Waals surface area (Å²) in [4.78, 5) is 0. The van der Waals surface area contributed by atoms with E-state index in [9.17, 15) is 10.2 Å². The van der Waals surface area contributed by atoms with Gasteiger partial charge in [0.05, 0.1) is 0 Å². The van der Waals surface area contributed by atoms with E-state index in [4.69, 9.17) is 0 Å². The maximum Gasteiger partial charge on any atom is 0.109 e. The van der Waals surface area contributed by atoms with Crippen molar-refractivity contribution in [2.45, 2.75) is 12.2 Å². The molecular weight excluding hydrogens is 176 g/mol. The lowest BCUT2D eigenvalue weighted by Crippen LogP contribution is -2.26. The van der Waals surface area contributed by atoms with Gasteiger partial charge in [-0.2, -0.15) is 0 Å². The van der Waals surface area contributed by atoms with Gasteiger partial charge < -0.3 is 10.2 Å². The highest BCUT2D eigenvalue weighted by Crippen LogP contribution is 2.23. The van der Waals surface area contributed by atoms with Crippen LogP contribution in [0.4, 0.5) is 0 Å². The Labute approximate surface area is 82.8 Å². The van der Waals surface area contributed by atoms with Crippen LogP contribution in [-0.2, 0) is 0 Å². The number of rotatable bonds is 1. The molecule has 0 heterocycles. The van der Waals surface area contributed by atoms with Crippen molar-refractivity contribution < 1.29 is 10.2 Å². The number of aliphatic hydroxyl groups is 2. The van der Waals surface area contributed by atoms with Crippen LogP contribution in [0.5, 0.6) is 0 Å². The molecule has 72 valence electrons. The molecule has 0 amide bonds. The van der Waals surface area contributed by atoms with Crippen molar-refractivity contribution in [2.24, 2.45) is 0 Å². The van der Waals surface area contributed by atoms with Gasteiger partial charge in [-0.15, -0.1) is 0 Å². The smallest absolute Gasteiger partial charge is 0.109 e. The molecule has 0 saturated heterocycles. The second-order valence-electron chi connectivity index (χ2n) is 3.31. The van der Waals surface area contributed by atoms with Crippen LogP contribution < -0.4 is 0 Å². The molecule has 1 aromatic rings. The van der Waals surface area contributed by atoms with E-state index in [1.165, 1.54) is 0 Å². The highest BCUT2D eigenvalue weighted by Gasteiger charge is 2.21. The topological polar surface area (TPSA) is 40.5 Å². The fourth-order valence-electron chi connectivity index (χ4n) is 1.56. The van der Waals surface area contributed by atoms with E-state index in [0.29, 0.717) is 0 Å². The van der Waals surface area contributed by atoms with Gasteiger partial charge in [-0.05, 0) is 11.1 Å². The third-order valence-electron chi connectivity index (χ3n) is 2.33. The van der Waals surface area contributed by atoms with Crippen LogP contribution >= 0.6 is 0 Å². The second-order valence-corrected chi connectivity index (χ2v) is 3.31. The molecule has 0 aromatic heterocycles. The predicted molar refractivity (Wildman–Crippen MR) is 55.6 cm³/mol. The molecule has 2 N–H and O–H groups in total. The molecule has 0 bridgehead atoms. The Balaban J connectivity index is 2.35. The third kappa shape index (κ3) is 1.62. The Bertz CT molecular complexity index is 365. The summed E-state index contributed by atoms with van der Waals surface area (Å²) in [5.74, 6) is 0. The van der Waals surface area contributed by atoms with Crippen molar-refractivity contribution in [2.75, 3.05) is 0 Å². The maximum atomic E-state index is 9.72. The Kier molecular flexibility index (Phi) is 2.48. The Morgan fingerprint density at radius 1 is 1.00 bits per heavy atom. The zero-order chi connectivity index (χ0) is 9.97. The van der Waals surface area contributed by atoms with Gasteiger partial charge in [-0.1, -0.05) is 48.6 Å². The average molecular weight is 188 g/mol. The summed E-state index contributed by atoms with van der Waals surface area (Å²) in [6.07, 6.45) is 3.56. The van der Waals surface area contributed by atoms with Gasteiger partial charge in [-0.25, -0.2) is 0 Å². The quantitative estimate of drug-likeness (QED) is 0.698. The molecule has 0 spiro atoms. The summed E-state index contributed by atoms with van der Waals surface area (Å²) in [7, 11) is 0. The number of benzene rings is 1. The van der Waals surface area contributed by atoms with Gasteiger partial charge in [0.15, 0.2) is 0 Å². The zero-order valence-corrected chi connectivity index (χ0v) is 7.67. The summed E-state index contributed by atoms with van der Waals surface area (Å²) >= 11 is 0. The minimum Gasteiger partial charge on any atom is -0.386 e. The van der Waals surface area contributed by atoms with E-state index >= 15 is 0 Å². The molecule has 1 aliphatic carbocycles. The zero-order valence-electron chi connectivity index (χ0n) is 7.67. The molecule has 1 aliphatic rings. The van der Waals surface area contributed by atoms with Crippen LogP contribution in [0.25, 0.3) is 5.57 Å². The Morgan fingerprint density at radius 2 is 1.71 bits per heavy atom. The summed E-state index contributed by atoms with van der Waals surface area (Å²) < 4.78 is 0. The normalized spacial score (nSPS) is 26.0. The van der Waals surface area contributed by atoms with Crippen molar-refractivity contribution in [1.29, 1.82) is 0 Å². The molecule has 1 aromatic carbocycles. The van der Waals surface area contributed by atoms with Gasteiger partial charge >= 0.3 is 0 Å². The van der Waals surface area contributed by atoms with E-state index in [-0.39, 0.29) is 0 Å². The van der Waals surface area contributed by atoms with Crippen LogP contribution in [0.2, 0.25) is 0 Å². The molecular formula is C12H12O2. The molecule has 14 heavy (non-hydrogen) atoms. The monoisotopic (exact) mass is 188 g/mol. The highest BCUT2D eigenvalue weighted by molar-refractivity contribution is 5.72. The SMILES string of the molecule is O[C@@H]1C=CC=C(c2ccccc2)[C@H]1O. The molecule has 2 rings (SSSR count). The van der Waals surface area contributed by atoms with Crippen LogP contribution in [0.1, 0.15) is 5.56 Å². The number of hydrogen-bond donors (Lipinski definition) is 2. The van der Waals surface area contributed by atoms with Crippen molar-refractivity contribution in [3.63, 3.8) is 0 Å². The number of allylic oxidation sites excluding steroid dienone is 2. The van der Waals surface area contributed by atoms with Crippen LogP contribution in [0.15, 0.2) is 48.6 Å². The first-order valence-electron chi connectivity index (χ1n) is 4.59. The predicted octanol–water partition coefficient (Wildman–Crippen LogP) is 1.36. The highest BCUT2D eigenvalue weighted by atomic mass is 16.3. The van der Waals surface area contributed by atoms with E-state index < -0.39 is 12.2 Å². The number of aliphatic hydroxyl groups excluding tert-OH is 2. The fourth-order valence-corrected chi connectivity index (χ4v) is 1.56. The minimum absolute atomic E-state index is 0.764. The molecule has 2 atom stereocenters. The molecule has 0 saturated carbocycles. The first kappa shape index (κ1) is 9.19. The van der Waals surface area contributed by atoms with Crippen LogP contribution in [-0.4, -0.2) is 22.4 Å². The molecule has 2 nitrogen and oxygen atoms in total. The summed E-state index contributed by atoms with van der Waals surface area (Å²) in [6.45, 7) is 0. The Morgan fingerprint density at radius 3 is 2.43 bits per heavy atom. The van der Waals surface area contributed by atoms with Crippen LogP contribution in [0, 0.1) is 0 Å². The fraction of sp³-hybridized carbons (Fsp3) is 0.167. The minimum atomic E-state index is -0.817. The standard InChI is InChI=1S/C12H12O2/c13-11-8-4-7-10(12(11)14)9-5-2-1-3-6-9/h1-8,11-14H/t11-,12-/m1/s1. The second kappa shape index (κ2) is 3.78. The van der Waals surface area contributed by atoms with E-state index in [2.05, 4.69) is 0 Å². The lowest BCUT2D eigenvalue weighted by atomic mass is 9.93. The van der Waals surface area contributed by atoms with E-state index in [1.54, 1.807) is 12.2 Å². The van der Waals surface area contributed by atoms with E-state index in [1.807, 2.05) is 36.4 Å². The molecule has 0 aliphatic heterocycles. The lowest BCUT2D eigenvalue weighted by molar-refractivity contribution is 0.0859. The molecule has 0 fully saturated rings. The van der Waals surface area contributed by atoms with Gasteiger partial charge in [-0.3, -0.25) is 0 Å². The van der Waals surface area contributed by atoms with Gasteiger partial charge in [0, 0.05) is 0 Å².